The normalized spacial score (nSPS) is 10.7. The zero-order chi connectivity index (χ0) is 18.0. The molecule has 0 spiro atoms. The number of amides is 1. The predicted octanol–water partition coefficient (Wildman–Crippen LogP) is 4.21. The Hall–Kier alpha value is -2.95. The smallest absolute Gasteiger partial charge is 0.255 e. The first-order chi connectivity index (χ1) is 12.0. The average molecular weight is 335 g/mol. The lowest BCUT2D eigenvalue weighted by atomic mass is 10.1. The molecule has 3 rings (SSSR count). The topological polar surface area (TPSA) is 64.1 Å². The Morgan fingerprint density at radius 3 is 2.40 bits per heavy atom. The van der Waals surface area contributed by atoms with Gasteiger partial charge >= 0.3 is 0 Å². The molecular formula is C20H21N3O2. The van der Waals surface area contributed by atoms with Gasteiger partial charge in [-0.3, -0.25) is 4.79 Å². The molecule has 0 saturated heterocycles. The van der Waals surface area contributed by atoms with Crippen molar-refractivity contribution in [3.05, 3.63) is 58.9 Å². The summed E-state index contributed by atoms with van der Waals surface area (Å²) >= 11 is 0. The van der Waals surface area contributed by atoms with Crippen LogP contribution in [0.25, 0.3) is 11.0 Å². The number of carbonyl (C=O) groups excluding carboxylic acids is 1. The highest BCUT2D eigenvalue weighted by Gasteiger charge is 2.10. The summed E-state index contributed by atoms with van der Waals surface area (Å²) in [6, 6.07) is 11.0. The number of hydrogen-bond donors (Lipinski definition) is 1. The molecule has 1 heterocycles. The van der Waals surface area contributed by atoms with Crippen molar-refractivity contribution in [3.8, 4) is 5.75 Å². The molecule has 1 N–H and O–H groups in total. The van der Waals surface area contributed by atoms with Crippen molar-refractivity contribution in [3.63, 3.8) is 0 Å². The lowest BCUT2D eigenvalue weighted by Gasteiger charge is -2.10. The van der Waals surface area contributed by atoms with E-state index in [9.17, 15) is 4.79 Å². The van der Waals surface area contributed by atoms with Crippen LogP contribution in [0, 0.1) is 20.8 Å². The van der Waals surface area contributed by atoms with Gasteiger partial charge in [0.1, 0.15) is 5.75 Å². The highest BCUT2D eigenvalue weighted by Crippen LogP contribution is 2.23. The van der Waals surface area contributed by atoms with Gasteiger partial charge in [0, 0.05) is 11.3 Å². The summed E-state index contributed by atoms with van der Waals surface area (Å²) in [5.41, 5.74) is 5.54. The number of ether oxygens (including phenoxy) is 1. The van der Waals surface area contributed by atoms with Crippen molar-refractivity contribution in [2.24, 2.45) is 0 Å². The Labute approximate surface area is 147 Å². The number of rotatable bonds is 4. The SMILES string of the molecule is CCOc1ccc(NC(=O)c2ccc3nc(C)c(C)nc3c2)cc1C. The van der Waals surface area contributed by atoms with Crippen LogP contribution in [0.1, 0.15) is 34.2 Å². The fourth-order valence-electron chi connectivity index (χ4n) is 2.62. The number of benzene rings is 2. The van der Waals surface area contributed by atoms with Gasteiger partial charge in [-0.05, 0) is 69.7 Å². The van der Waals surface area contributed by atoms with Gasteiger partial charge in [0.2, 0.25) is 0 Å². The summed E-state index contributed by atoms with van der Waals surface area (Å²) in [6.07, 6.45) is 0. The van der Waals surface area contributed by atoms with Crippen LogP contribution < -0.4 is 10.1 Å². The molecule has 5 nitrogen and oxygen atoms in total. The number of anilines is 1. The summed E-state index contributed by atoms with van der Waals surface area (Å²) in [4.78, 5) is 21.5. The number of nitrogens with zero attached hydrogens (tertiary/aromatic N) is 2. The van der Waals surface area contributed by atoms with Gasteiger partial charge in [0.25, 0.3) is 5.91 Å². The van der Waals surface area contributed by atoms with Gasteiger partial charge in [-0.15, -0.1) is 0 Å². The number of hydrogen-bond acceptors (Lipinski definition) is 4. The van der Waals surface area contributed by atoms with Crippen molar-refractivity contribution in [1.29, 1.82) is 0 Å². The standard InChI is InChI=1S/C20H21N3O2/c1-5-25-19-9-7-16(10-12(19)2)23-20(24)15-6-8-17-18(11-15)22-14(4)13(3)21-17/h6-11H,5H2,1-4H3,(H,23,24). The van der Waals surface area contributed by atoms with Crippen LogP contribution >= 0.6 is 0 Å². The quantitative estimate of drug-likeness (QED) is 0.776. The van der Waals surface area contributed by atoms with Gasteiger partial charge in [0.05, 0.1) is 29.0 Å². The summed E-state index contributed by atoms with van der Waals surface area (Å²) in [5.74, 6) is 0.651. The second kappa shape index (κ2) is 6.89. The van der Waals surface area contributed by atoms with Crippen LogP contribution in [0.2, 0.25) is 0 Å². The Morgan fingerprint density at radius 2 is 1.72 bits per heavy atom. The Morgan fingerprint density at radius 1 is 1.00 bits per heavy atom. The maximum atomic E-state index is 12.5. The van der Waals surface area contributed by atoms with Crippen molar-refractivity contribution < 1.29 is 9.53 Å². The van der Waals surface area contributed by atoms with Gasteiger partial charge in [-0.25, -0.2) is 9.97 Å². The molecule has 0 radical (unpaired) electrons. The maximum Gasteiger partial charge on any atom is 0.255 e. The number of carbonyl (C=O) groups is 1. The fraction of sp³-hybridized carbons (Fsp3) is 0.250. The van der Waals surface area contributed by atoms with Crippen LogP contribution in [0.4, 0.5) is 5.69 Å². The zero-order valence-corrected chi connectivity index (χ0v) is 14.9. The predicted molar refractivity (Wildman–Crippen MR) is 99.3 cm³/mol. The number of aryl methyl sites for hydroxylation is 3. The summed E-state index contributed by atoms with van der Waals surface area (Å²) in [7, 11) is 0. The molecule has 3 aromatic rings. The third-order valence-corrected chi connectivity index (χ3v) is 4.07. The minimum absolute atomic E-state index is 0.175. The van der Waals surface area contributed by atoms with E-state index in [-0.39, 0.29) is 5.91 Å². The van der Waals surface area contributed by atoms with E-state index in [4.69, 9.17) is 4.74 Å². The first-order valence-corrected chi connectivity index (χ1v) is 8.27. The first-order valence-electron chi connectivity index (χ1n) is 8.27. The largest absolute Gasteiger partial charge is 0.494 e. The molecule has 1 aromatic heterocycles. The van der Waals surface area contributed by atoms with E-state index in [0.717, 1.165) is 39.4 Å². The second-order valence-electron chi connectivity index (χ2n) is 5.97. The van der Waals surface area contributed by atoms with Crippen molar-refractivity contribution in [2.75, 3.05) is 11.9 Å². The number of aromatic nitrogens is 2. The van der Waals surface area contributed by atoms with Gasteiger partial charge < -0.3 is 10.1 Å². The van der Waals surface area contributed by atoms with E-state index in [1.807, 2.05) is 52.0 Å². The summed E-state index contributed by atoms with van der Waals surface area (Å²) in [5, 5.41) is 2.92. The first kappa shape index (κ1) is 16.9. The zero-order valence-electron chi connectivity index (χ0n) is 14.9. The molecule has 128 valence electrons. The van der Waals surface area contributed by atoms with Crippen molar-refractivity contribution in [1.82, 2.24) is 9.97 Å². The van der Waals surface area contributed by atoms with Gasteiger partial charge in [0.15, 0.2) is 0 Å². The molecule has 1 amide bonds. The molecule has 0 aliphatic rings. The maximum absolute atomic E-state index is 12.5. The third kappa shape index (κ3) is 3.60. The Bertz CT molecular complexity index is 951. The van der Waals surface area contributed by atoms with Gasteiger partial charge in [-0.2, -0.15) is 0 Å². The van der Waals surface area contributed by atoms with E-state index in [1.165, 1.54) is 0 Å². The lowest BCUT2D eigenvalue weighted by Crippen LogP contribution is -2.12. The molecule has 0 aliphatic carbocycles. The summed E-state index contributed by atoms with van der Waals surface area (Å²) < 4.78 is 5.52. The van der Waals surface area contributed by atoms with E-state index in [0.29, 0.717) is 12.2 Å². The number of fused-ring (bicyclic) bond motifs is 1. The summed E-state index contributed by atoms with van der Waals surface area (Å²) in [6.45, 7) is 8.36. The van der Waals surface area contributed by atoms with Crippen LogP contribution in [-0.2, 0) is 0 Å². The molecule has 0 atom stereocenters. The average Bonchev–Trinajstić information content (AvgIpc) is 2.58. The Kier molecular flexibility index (Phi) is 4.65. The van der Waals surface area contributed by atoms with E-state index >= 15 is 0 Å². The van der Waals surface area contributed by atoms with E-state index < -0.39 is 0 Å². The highest BCUT2D eigenvalue weighted by molar-refractivity contribution is 6.05. The highest BCUT2D eigenvalue weighted by atomic mass is 16.5. The molecule has 0 bridgehead atoms. The van der Waals surface area contributed by atoms with E-state index in [1.54, 1.807) is 12.1 Å². The lowest BCUT2D eigenvalue weighted by molar-refractivity contribution is 0.102. The van der Waals surface area contributed by atoms with Crippen LogP contribution in [0.3, 0.4) is 0 Å². The molecule has 25 heavy (non-hydrogen) atoms. The monoisotopic (exact) mass is 335 g/mol. The minimum atomic E-state index is -0.175. The minimum Gasteiger partial charge on any atom is -0.494 e. The van der Waals surface area contributed by atoms with Crippen LogP contribution in [0.5, 0.6) is 5.75 Å². The molecule has 0 unspecified atom stereocenters. The second-order valence-corrected chi connectivity index (χ2v) is 5.97. The van der Waals surface area contributed by atoms with Crippen molar-refractivity contribution in [2.45, 2.75) is 27.7 Å². The number of nitrogens with one attached hydrogen (secondary N) is 1. The van der Waals surface area contributed by atoms with E-state index in [2.05, 4.69) is 15.3 Å². The Balaban J connectivity index is 1.84. The molecule has 2 aromatic carbocycles. The molecule has 0 fully saturated rings. The third-order valence-electron chi connectivity index (χ3n) is 4.07. The molecule has 0 saturated carbocycles. The molecular weight excluding hydrogens is 314 g/mol. The van der Waals surface area contributed by atoms with Gasteiger partial charge in [-0.1, -0.05) is 0 Å². The van der Waals surface area contributed by atoms with Crippen molar-refractivity contribution >= 4 is 22.6 Å². The fourth-order valence-corrected chi connectivity index (χ4v) is 2.62. The van der Waals surface area contributed by atoms with Crippen LogP contribution in [0.15, 0.2) is 36.4 Å². The van der Waals surface area contributed by atoms with Crippen LogP contribution in [-0.4, -0.2) is 22.5 Å². The molecule has 5 heteroatoms. The molecule has 0 aliphatic heterocycles.